The summed E-state index contributed by atoms with van der Waals surface area (Å²) >= 11 is 0. The molecular formula is C7H12N3NaO. The van der Waals surface area contributed by atoms with Crippen LogP contribution in [-0.4, -0.2) is 15.8 Å². The summed E-state index contributed by atoms with van der Waals surface area (Å²) in [6.07, 6.45) is 0. The summed E-state index contributed by atoms with van der Waals surface area (Å²) in [6.45, 7) is 5.58. The van der Waals surface area contributed by atoms with E-state index in [9.17, 15) is 4.79 Å². The zero-order chi connectivity index (χ0) is 8.59. The van der Waals surface area contributed by atoms with Gasteiger partial charge < -0.3 is 7.16 Å². The number of nitrogens with two attached hydrogens (primary N) is 1. The number of aromatic nitrogens is 2. The Morgan fingerprint density at radius 1 is 1.50 bits per heavy atom. The minimum Gasteiger partial charge on any atom is -1.00 e. The van der Waals surface area contributed by atoms with Crippen LogP contribution in [0.4, 0.5) is 4.79 Å². The molecule has 1 aromatic rings. The maximum atomic E-state index is 10.7. The molecule has 1 amide bonds. The number of carbonyl (C=O) groups is 1. The number of nitrogens with zero attached hydrogens (tertiary/aromatic N) is 2. The van der Waals surface area contributed by atoms with E-state index in [1.54, 1.807) is 0 Å². The summed E-state index contributed by atoms with van der Waals surface area (Å²) in [5.41, 5.74) is 7.74. The maximum absolute atomic E-state index is 10.7. The predicted octanol–water partition coefficient (Wildman–Crippen LogP) is -2.15. The van der Waals surface area contributed by atoms with Gasteiger partial charge in [-0.3, -0.25) is 0 Å². The summed E-state index contributed by atoms with van der Waals surface area (Å²) in [6, 6.07) is -0.529. The van der Waals surface area contributed by atoms with Crippen molar-refractivity contribution in [2.45, 2.75) is 20.8 Å². The predicted molar refractivity (Wildman–Crippen MR) is 42.5 cm³/mol. The SMILES string of the molecule is Cc1nn(C(N)=O)c(C)c1C.[H-].[Na+]. The van der Waals surface area contributed by atoms with Crippen molar-refractivity contribution in [2.75, 3.05) is 0 Å². The van der Waals surface area contributed by atoms with Crippen molar-refractivity contribution < 1.29 is 35.8 Å². The van der Waals surface area contributed by atoms with Crippen LogP contribution < -0.4 is 35.3 Å². The normalized spacial score (nSPS) is 9.25. The van der Waals surface area contributed by atoms with Gasteiger partial charge >= 0.3 is 35.6 Å². The molecule has 0 fully saturated rings. The van der Waals surface area contributed by atoms with E-state index in [0.717, 1.165) is 17.0 Å². The quantitative estimate of drug-likeness (QED) is 0.459. The van der Waals surface area contributed by atoms with Crippen LogP contribution in [-0.2, 0) is 0 Å². The summed E-state index contributed by atoms with van der Waals surface area (Å²) in [5, 5.41) is 3.95. The Bertz CT molecular complexity index is 311. The first kappa shape index (κ1) is 11.7. The second kappa shape index (κ2) is 4.07. The third kappa shape index (κ3) is 1.88. The molecule has 0 aliphatic heterocycles. The Hall–Kier alpha value is -0.320. The molecule has 2 N–H and O–H groups in total. The van der Waals surface area contributed by atoms with Crippen LogP contribution in [0.15, 0.2) is 0 Å². The Morgan fingerprint density at radius 2 is 2.00 bits per heavy atom. The van der Waals surface area contributed by atoms with Gasteiger partial charge in [-0.1, -0.05) is 0 Å². The van der Waals surface area contributed by atoms with Crippen molar-refractivity contribution in [2.24, 2.45) is 5.73 Å². The molecule has 0 bridgehead atoms. The first-order chi connectivity index (χ1) is 5.04. The van der Waals surface area contributed by atoms with Crippen molar-refractivity contribution in [3.05, 3.63) is 17.0 Å². The molecule has 5 heteroatoms. The van der Waals surface area contributed by atoms with Gasteiger partial charge in [0.1, 0.15) is 0 Å². The fourth-order valence-electron chi connectivity index (χ4n) is 0.935. The fourth-order valence-corrected chi connectivity index (χ4v) is 0.935. The molecule has 1 rings (SSSR count). The van der Waals surface area contributed by atoms with Crippen LogP contribution in [0.25, 0.3) is 0 Å². The topological polar surface area (TPSA) is 60.9 Å². The average molecular weight is 177 g/mol. The first-order valence-corrected chi connectivity index (χ1v) is 3.36. The van der Waals surface area contributed by atoms with Crippen molar-refractivity contribution in [1.29, 1.82) is 0 Å². The monoisotopic (exact) mass is 177 g/mol. The Morgan fingerprint density at radius 3 is 2.17 bits per heavy atom. The third-order valence-electron chi connectivity index (χ3n) is 1.86. The number of aryl methyl sites for hydroxylation is 1. The van der Waals surface area contributed by atoms with E-state index in [1.165, 1.54) is 4.68 Å². The number of amides is 1. The van der Waals surface area contributed by atoms with Crippen LogP contribution in [0.1, 0.15) is 18.4 Å². The smallest absolute Gasteiger partial charge is 1.00 e. The molecule has 0 atom stereocenters. The number of primary amides is 1. The third-order valence-corrected chi connectivity index (χ3v) is 1.86. The minimum atomic E-state index is -0.529. The van der Waals surface area contributed by atoms with Gasteiger partial charge in [-0.15, -0.1) is 0 Å². The van der Waals surface area contributed by atoms with Crippen LogP contribution in [0, 0.1) is 20.8 Å². The molecule has 0 unspecified atom stereocenters. The Kier molecular flexibility index (Phi) is 3.96. The Labute approximate surface area is 94.9 Å². The van der Waals surface area contributed by atoms with E-state index in [-0.39, 0.29) is 31.0 Å². The summed E-state index contributed by atoms with van der Waals surface area (Å²) in [5.74, 6) is 0. The van der Waals surface area contributed by atoms with Crippen molar-refractivity contribution in [1.82, 2.24) is 9.78 Å². The molecule has 12 heavy (non-hydrogen) atoms. The van der Waals surface area contributed by atoms with Gasteiger partial charge in [0.2, 0.25) is 0 Å². The van der Waals surface area contributed by atoms with Gasteiger partial charge in [0, 0.05) is 5.69 Å². The van der Waals surface area contributed by atoms with Crippen LogP contribution >= 0.6 is 0 Å². The average Bonchev–Trinajstić information content (AvgIpc) is 2.17. The number of rotatable bonds is 0. The number of hydrogen-bond donors (Lipinski definition) is 1. The summed E-state index contributed by atoms with van der Waals surface area (Å²) in [7, 11) is 0. The molecule has 0 saturated heterocycles. The van der Waals surface area contributed by atoms with Crippen LogP contribution in [0.3, 0.4) is 0 Å². The van der Waals surface area contributed by atoms with Gasteiger partial charge in [0.15, 0.2) is 0 Å². The molecule has 0 aliphatic rings. The molecule has 0 aromatic carbocycles. The second-order valence-electron chi connectivity index (χ2n) is 2.55. The molecule has 0 radical (unpaired) electrons. The molecule has 62 valence electrons. The molecule has 4 nitrogen and oxygen atoms in total. The van der Waals surface area contributed by atoms with Gasteiger partial charge in [0.25, 0.3) is 0 Å². The zero-order valence-corrected chi connectivity index (χ0v) is 9.88. The zero-order valence-electron chi connectivity index (χ0n) is 8.88. The molecule has 0 spiro atoms. The van der Waals surface area contributed by atoms with Crippen LogP contribution in [0.2, 0.25) is 0 Å². The van der Waals surface area contributed by atoms with E-state index in [1.807, 2.05) is 20.8 Å². The van der Waals surface area contributed by atoms with E-state index in [0.29, 0.717) is 0 Å². The fraction of sp³-hybridized carbons (Fsp3) is 0.429. The second-order valence-corrected chi connectivity index (χ2v) is 2.55. The first-order valence-electron chi connectivity index (χ1n) is 3.36. The van der Waals surface area contributed by atoms with E-state index >= 15 is 0 Å². The van der Waals surface area contributed by atoms with Gasteiger partial charge in [-0.05, 0) is 26.3 Å². The Balaban J connectivity index is 0. The summed E-state index contributed by atoms with van der Waals surface area (Å²) in [4.78, 5) is 10.7. The summed E-state index contributed by atoms with van der Waals surface area (Å²) < 4.78 is 1.21. The molecule has 1 heterocycles. The number of hydrogen-bond acceptors (Lipinski definition) is 2. The van der Waals surface area contributed by atoms with Gasteiger partial charge in [-0.2, -0.15) is 9.78 Å². The van der Waals surface area contributed by atoms with Crippen LogP contribution in [0.5, 0.6) is 0 Å². The maximum Gasteiger partial charge on any atom is 1.00 e. The van der Waals surface area contributed by atoms with Gasteiger partial charge in [0.05, 0.1) is 5.69 Å². The largest absolute Gasteiger partial charge is 1.00 e. The van der Waals surface area contributed by atoms with Crippen molar-refractivity contribution >= 4 is 6.03 Å². The standard InChI is InChI=1S/C7H11N3O.Na.H/c1-4-5(2)9-10(6(4)3)7(8)11;;/h1-3H3,(H2,8,11);;/q;+1;-1. The number of carbonyl (C=O) groups excluding carboxylic acids is 1. The molecule has 0 aliphatic carbocycles. The van der Waals surface area contributed by atoms with E-state index in [2.05, 4.69) is 5.10 Å². The van der Waals surface area contributed by atoms with Gasteiger partial charge in [-0.25, -0.2) is 4.79 Å². The molecule has 0 saturated carbocycles. The van der Waals surface area contributed by atoms with E-state index in [4.69, 9.17) is 5.73 Å². The van der Waals surface area contributed by atoms with Crippen molar-refractivity contribution in [3.63, 3.8) is 0 Å². The molecule has 1 aromatic heterocycles. The molecular weight excluding hydrogens is 165 g/mol. The van der Waals surface area contributed by atoms with E-state index < -0.39 is 6.03 Å². The van der Waals surface area contributed by atoms with Crippen molar-refractivity contribution in [3.8, 4) is 0 Å². The minimum absolute atomic E-state index is 0.